The first kappa shape index (κ1) is 14.0. The van der Waals surface area contributed by atoms with Crippen LogP contribution in [0.2, 0.25) is 0 Å². The normalized spacial score (nSPS) is 23.1. The zero-order valence-electron chi connectivity index (χ0n) is 11.6. The molecule has 2 atom stereocenters. The molecule has 18 heavy (non-hydrogen) atoms. The van der Waals surface area contributed by atoms with Crippen LogP contribution < -0.4 is 5.32 Å². The predicted octanol–water partition coefficient (Wildman–Crippen LogP) is 2.74. The second kappa shape index (κ2) is 7.22. The Hall–Kier alpha value is -0.450. The number of thiazole rings is 1. The Morgan fingerprint density at radius 2 is 2.50 bits per heavy atom. The van der Waals surface area contributed by atoms with Gasteiger partial charge in [-0.3, -0.25) is 0 Å². The molecule has 2 rings (SSSR count). The molecule has 0 spiro atoms. The summed E-state index contributed by atoms with van der Waals surface area (Å²) in [4.78, 5) is 6.94. The van der Waals surface area contributed by atoms with Gasteiger partial charge in [0.1, 0.15) is 0 Å². The smallest absolute Gasteiger partial charge is 0.0795 e. The Labute approximate surface area is 115 Å². The summed E-state index contributed by atoms with van der Waals surface area (Å²) < 4.78 is 0. The summed E-state index contributed by atoms with van der Waals surface area (Å²) >= 11 is 1.67. The van der Waals surface area contributed by atoms with E-state index in [1.54, 1.807) is 11.3 Å². The molecular formula is C14H25N3S. The number of nitrogens with zero attached hydrogens (tertiary/aromatic N) is 2. The van der Waals surface area contributed by atoms with Gasteiger partial charge in [-0.25, -0.2) is 4.98 Å². The maximum Gasteiger partial charge on any atom is 0.0795 e. The Kier molecular flexibility index (Phi) is 5.60. The average Bonchev–Trinajstić information content (AvgIpc) is 2.90. The molecule has 1 aliphatic heterocycles. The lowest BCUT2D eigenvalue weighted by Crippen LogP contribution is -2.44. The van der Waals surface area contributed by atoms with Gasteiger partial charge in [0.25, 0.3) is 0 Å². The van der Waals surface area contributed by atoms with Crippen molar-refractivity contribution in [3.05, 3.63) is 16.6 Å². The molecular weight excluding hydrogens is 242 g/mol. The van der Waals surface area contributed by atoms with E-state index in [2.05, 4.69) is 34.4 Å². The number of hydrogen-bond donors (Lipinski definition) is 1. The van der Waals surface area contributed by atoms with Crippen molar-refractivity contribution in [2.75, 3.05) is 19.6 Å². The van der Waals surface area contributed by atoms with Crippen LogP contribution in [0.1, 0.15) is 38.8 Å². The molecule has 0 saturated carbocycles. The third kappa shape index (κ3) is 4.04. The molecule has 102 valence electrons. The predicted molar refractivity (Wildman–Crippen MR) is 77.9 cm³/mol. The number of hydrogen-bond acceptors (Lipinski definition) is 4. The highest BCUT2D eigenvalue weighted by Gasteiger charge is 2.23. The van der Waals surface area contributed by atoms with Crippen molar-refractivity contribution in [2.24, 2.45) is 5.92 Å². The highest BCUT2D eigenvalue weighted by molar-refractivity contribution is 7.07. The van der Waals surface area contributed by atoms with Crippen molar-refractivity contribution >= 4 is 11.3 Å². The summed E-state index contributed by atoms with van der Waals surface area (Å²) in [5.41, 5.74) is 3.08. The SMILES string of the molecule is CCCN1CCCC(C(C)NCc2cscn2)C1. The summed E-state index contributed by atoms with van der Waals surface area (Å²) in [7, 11) is 0. The molecule has 1 aromatic heterocycles. The fraction of sp³-hybridized carbons (Fsp3) is 0.786. The van der Waals surface area contributed by atoms with Crippen LogP contribution in [0.4, 0.5) is 0 Å². The lowest BCUT2D eigenvalue weighted by molar-refractivity contribution is 0.150. The van der Waals surface area contributed by atoms with Crippen molar-refractivity contribution in [3.63, 3.8) is 0 Å². The summed E-state index contributed by atoms with van der Waals surface area (Å²) in [6, 6.07) is 0.589. The quantitative estimate of drug-likeness (QED) is 0.859. The van der Waals surface area contributed by atoms with Gasteiger partial charge in [-0.2, -0.15) is 0 Å². The average molecular weight is 267 g/mol. The van der Waals surface area contributed by atoms with E-state index in [1.165, 1.54) is 44.6 Å². The Bertz CT molecular complexity index is 324. The first-order valence-electron chi connectivity index (χ1n) is 7.12. The Morgan fingerprint density at radius 1 is 1.61 bits per heavy atom. The van der Waals surface area contributed by atoms with E-state index in [0.717, 1.165) is 12.5 Å². The van der Waals surface area contributed by atoms with E-state index in [-0.39, 0.29) is 0 Å². The lowest BCUT2D eigenvalue weighted by Gasteiger charge is -2.36. The van der Waals surface area contributed by atoms with Crippen LogP contribution in [0.15, 0.2) is 10.9 Å². The molecule has 2 heterocycles. The minimum absolute atomic E-state index is 0.589. The summed E-state index contributed by atoms with van der Waals surface area (Å²) in [6.07, 6.45) is 3.99. The van der Waals surface area contributed by atoms with Gasteiger partial charge in [0, 0.05) is 24.5 Å². The number of aromatic nitrogens is 1. The third-order valence-electron chi connectivity index (χ3n) is 3.88. The highest BCUT2D eigenvalue weighted by Crippen LogP contribution is 2.20. The minimum Gasteiger partial charge on any atom is -0.308 e. The van der Waals surface area contributed by atoms with Crippen LogP contribution in [0.5, 0.6) is 0 Å². The molecule has 0 aromatic carbocycles. The van der Waals surface area contributed by atoms with Crippen LogP contribution in [0.3, 0.4) is 0 Å². The van der Waals surface area contributed by atoms with Crippen LogP contribution >= 0.6 is 11.3 Å². The van der Waals surface area contributed by atoms with Gasteiger partial charge in [0.15, 0.2) is 0 Å². The molecule has 4 heteroatoms. The molecule has 0 amide bonds. The molecule has 1 N–H and O–H groups in total. The molecule has 0 aliphatic carbocycles. The molecule has 0 bridgehead atoms. The highest BCUT2D eigenvalue weighted by atomic mass is 32.1. The minimum atomic E-state index is 0.589. The van der Waals surface area contributed by atoms with Gasteiger partial charge in [0.2, 0.25) is 0 Å². The van der Waals surface area contributed by atoms with Gasteiger partial charge >= 0.3 is 0 Å². The summed E-state index contributed by atoms with van der Waals surface area (Å²) in [5.74, 6) is 0.795. The zero-order valence-corrected chi connectivity index (χ0v) is 12.4. The second-order valence-corrected chi connectivity index (χ2v) is 6.07. The lowest BCUT2D eigenvalue weighted by atomic mass is 9.91. The Morgan fingerprint density at radius 3 is 3.22 bits per heavy atom. The van der Waals surface area contributed by atoms with E-state index in [1.807, 2.05) is 5.51 Å². The number of piperidine rings is 1. The van der Waals surface area contributed by atoms with Gasteiger partial charge in [-0.1, -0.05) is 6.92 Å². The number of likely N-dealkylation sites (tertiary alicyclic amines) is 1. The van der Waals surface area contributed by atoms with E-state index in [0.29, 0.717) is 6.04 Å². The summed E-state index contributed by atoms with van der Waals surface area (Å²) in [6.45, 7) is 9.33. The second-order valence-electron chi connectivity index (χ2n) is 5.35. The topological polar surface area (TPSA) is 28.2 Å². The van der Waals surface area contributed by atoms with Gasteiger partial charge < -0.3 is 10.2 Å². The first-order valence-corrected chi connectivity index (χ1v) is 8.06. The van der Waals surface area contributed by atoms with Crippen LogP contribution in [0.25, 0.3) is 0 Å². The number of rotatable bonds is 6. The molecule has 3 nitrogen and oxygen atoms in total. The van der Waals surface area contributed by atoms with Gasteiger partial charge in [0.05, 0.1) is 11.2 Å². The van der Waals surface area contributed by atoms with E-state index in [9.17, 15) is 0 Å². The molecule has 1 fully saturated rings. The Balaban J connectivity index is 1.75. The van der Waals surface area contributed by atoms with Crippen LogP contribution in [0, 0.1) is 5.92 Å². The van der Waals surface area contributed by atoms with E-state index >= 15 is 0 Å². The first-order chi connectivity index (χ1) is 8.79. The van der Waals surface area contributed by atoms with E-state index < -0.39 is 0 Å². The van der Waals surface area contributed by atoms with Crippen molar-refractivity contribution in [3.8, 4) is 0 Å². The van der Waals surface area contributed by atoms with Crippen LogP contribution in [-0.4, -0.2) is 35.6 Å². The van der Waals surface area contributed by atoms with Crippen molar-refractivity contribution in [1.82, 2.24) is 15.2 Å². The molecule has 1 aliphatic rings. The van der Waals surface area contributed by atoms with Gasteiger partial charge in [-0.15, -0.1) is 11.3 Å². The molecule has 2 unspecified atom stereocenters. The van der Waals surface area contributed by atoms with Crippen molar-refractivity contribution in [1.29, 1.82) is 0 Å². The fourth-order valence-corrected chi connectivity index (χ4v) is 3.33. The molecule has 1 saturated heterocycles. The van der Waals surface area contributed by atoms with E-state index in [4.69, 9.17) is 0 Å². The summed E-state index contributed by atoms with van der Waals surface area (Å²) in [5, 5.41) is 5.76. The van der Waals surface area contributed by atoms with Crippen LogP contribution in [-0.2, 0) is 6.54 Å². The largest absolute Gasteiger partial charge is 0.308 e. The maximum atomic E-state index is 4.32. The standard InChI is InChI=1S/C14H25N3S/c1-3-6-17-7-4-5-13(9-17)12(2)15-8-14-10-18-11-16-14/h10-13,15H,3-9H2,1-2H3. The molecule has 1 aromatic rings. The number of nitrogens with one attached hydrogen (secondary N) is 1. The van der Waals surface area contributed by atoms with Crippen molar-refractivity contribution < 1.29 is 0 Å². The van der Waals surface area contributed by atoms with Gasteiger partial charge in [-0.05, 0) is 45.2 Å². The van der Waals surface area contributed by atoms with Crippen molar-refractivity contribution in [2.45, 2.75) is 45.7 Å². The zero-order chi connectivity index (χ0) is 12.8. The molecule has 0 radical (unpaired) electrons. The third-order valence-corrected chi connectivity index (χ3v) is 4.51. The fourth-order valence-electron chi connectivity index (χ4n) is 2.78. The monoisotopic (exact) mass is 267 g/mol. The maximum absolute atomic E-state index is 4.32.